The van der Waals surface area contributed by atoms with Crippen molar-refractivity contribution >= 4 is 22.2 Å². The van der Waals surface area contributed by atoms with Crippen LogP contribution in [0.3, 0.4) is 0 Å². The molecule has 0 aliphatic heterocycles. The van der Waals surface area contributed by atoms with Gasteiger partial charge in [0.2, 0.25) is 5.13 Å². The van der Waals surface area contributed by atoms with Gasteiger partial charge in [0.15, 0.2) is 0 Å². The van der Waals surface area contributed by atoms with Gasteiger partial charge in [-0.05, 0) is 42.5 Å². The summed E-state index contributed by atoms with van der Waals surface area (Å²) in [6.45, 7) is 2.22. The van der Waals surface area contributed by atoms with Crippen LogP contribution >= 0.6 is 11.3 Å². The van der Waals surface area contributed by atoms with Gasteiger partial charge in [-0.25, -0.2) is 0 Å². The molecule has 1 aromatic heterocycles. The number of unbranched alkanes of at least 4 members (excludes halogenated alkanes) is 1. The third kappa shape index (κ3) is 4.90. The number of rotatable bonds is 8. The molecule has 1 heterocycles. The fraction of sp³-hybridized carbons (Fsp3) is 0.300. The Hall–Kier alpha value is -2.20. The van der Waals surface area contributed by atoms with Gasteiger partial charge in [0.25, 0.3) is 0 Å². The Balaban J connectivity index is 1.53. The van der Waals surface area contributed by atoms with E-state index in [9.17, 15) is 0 Å². The highest BCUT2D eigenvalue weighted by atomic mass is 32.1. The number of aryl methyl sites for hydroxylation is 3. The zero-order chi connectivity index (χ0) is 16.6. The fourth-order valence-electron chi connectivity index (χ4n) is 2.56. The summed E-state index contributed by atoms with van der Waals surface area (Å²) in [5.41, 5.74) is 3.80. The van der Waals surface area contributed by atoms with E-state index >= 15 is 0 Å². The van der Waals surface area contributed by atoms with Gasteiger partial charge in [-0.15, -0.1) is 10.2 Å². The van der Waals surface area contributed by atoms with E-state index in [0.29, 0.717) is 0 Å². The Morgan fingerprint density at radius 1 is 0.833 bits per heavy atom. The molecule has 3 nitrogen and oxygen atoms in total. The van der Waals surface area contributed by atoms with Gasteiger partial charge in [-0.2, -0.15) is 0 Å². The number of nitrogens with one attached hydrogen (secondary N) is 1. The number of aromatic nitrogens is 2. The Bertz CT molecular complexity index is 735. The standard InChI is InChI=1S/C20H23N3S/c1-2-3-7-17-10-13-18(14-11-17)21-20-23-22-19(24-20)15-12-16-8-5-4-6-9-16/h4-6,8-11,13-14H,2-3,7,12,15H2,1H3,(H,21,23). The molecule has 0 aliphatic carbocycles. The number of hydrogen-bond acceptors (Lipinski definition) is 4. The minimum absolute atomic E-state index is 0.861. The van der Waals surface area contributed by atoms with Crippen LogP contribution in [0.15, 0.2) is 54.6 Å². The van der Waals surface area contributed by atoms with E-state index in [1.165, 1.54) is 24.0 Å². The molecule has 0 unspecified atom stereocenters. The van der Waals surface area contributed by atoms with Crippen molar-refractivity contribution in [1.29, 1.82) is 0 Å². The van der Waals surface area contributed by atoms with E-state index in [0.717, 1.165) is 35.1 Å². The average molecular weight is 337 g/mol. The second kappa shape index (κ2) is 8.60. The lowest BCUT2D eigenvalue weighted by Gasteiger charge is -2.04. The van der Waals surface area contributed by atoms with Gasteiger partial charge in [0.05, 0.1) is 0 Å². The van der Waals surface area contributed by atoms with Gasteiger partial charge in [-0.1, -0.05) is 67.1 Å². The maximum absolute atomic E-state index is 4.29. The first kappa shape index (κ1) is 16.7. The SMILES string of the molecule is CCCCc1ccc(Nc2nnc(CCc3ccccc3)s2)cc1. The van der Waals surface area contributed by atoms with E-state index < -0.39 is 0 Å². The molecule has 0 amide bonds. The molecule has 0 saturated heterocycles. The minimum atomic E-state index is 0.861. The average Bonchev–Trinajstić information content (AvgIpc) is 3.08. The largest absolute Gasteiger partial charge is 0.330 e. The van der Waals surface area contributed by atoms with E-state index in [4.69, 9.17) is 0 Å². The lowest BCUT2D eigenvalue weighted by molar-refractivity contribution is 0.795. The summed E-state index contributed by atoms with van der Waals surface area (Å²) in [5, 5.41) is 13.8. The van der Waals surface area contributed by atoms with E-state index in [1.54, 1.807) is 11.3 Å². The minimum Gasteiger partial charge on any atom is -0.330 e. The molecule has 3 rings (SSSR count). The zero-order valence-electron chi connectivity index (χ0n) is 14.0. The van der Waals surface area contributed by atoms with Crippen molar-refractivity contribution in [3.63, 3.8) is 0 Å². The second-order valence-corrected chi connectivity index (χ2v) is 6.97. The van der Waals surface area contributed by atoms with Crippen molar-refractivity contribution in [2.24, 2.45) is 0 Å². The van der Waals surface area contributed by atoms with Gasteiger partial charge in [0, 0.05) is 12.1 Å². The predicted molar refractivity (Wildman–Crippen MR) is 102 cm³/mol. The normalized spacial score (nSPS) is 10.7. The molecular formula is C20H23N3S. The fourth-order valence-corrected chi connectivity index (χ4v) is 3.32. The van der Waals surface area contributed by atoms with Crippen molar-refractivity contribution in [2.45, 2.75) is 39.0 Å². The summed E-state index contributed by atoms with van der Waals surface area (Å²) in [6, 6.07) is 19.1. The predicted octanol–water partition coefficient (Wildman–Crippen LogP) is 5.41. The van der Waals surface area contributed by atoms with Crippen molar-refractivity contribution in [3.05, 3.63) is 70.7 Å². The van der Waals surface area contributed by atoms with Crippen molar-refractivity contribution < 1.29 is 0 Å². The molecule has 2 aromatic carbocycles. The second-order valence-electron chi connectivity index (χ2n) is 5.91. The molecule has 0 radical (unpaired) electrons. The van der Waals surface area contributed by atoms with Crippen LogP contribution in [0.25, 0.3) is 0 Å². The van der Waals surface area contributed by atoms with Crippen LogP contribution in [0.2, 0.25) is 0 Å². The molecule has 24 heavy (non-hydrogen) atoms. The maximum atomic E-state index is 4.29. The summed E-state index contributed by atoms with van der Waals surface area (Å²) in [6.07, 6.45) is 5.56. The van der Waals surface area contributed by atoms with Crippen molar-refractivity contribution in [1.82, 2.24) is 10.2 Å². The van der Waals surface area contributed by atoms with Crippen LogP contribution < -0.4 is 5.32 Å². The summed E-state index contributed by atoms with van der Waals surface area (Å²) in [4.78, 5) is 0. The molecular weight excluding hydrogens is 314 g/mol. The molecule has 0 aliphatic rings. The van der Waals surface area contributed by atoms with Crippen LogP contribution in [0.1, 0.15) is 35.9 Å². The molecule has 0 fully saturated rings. The molecule has 0 atom stereocenters. The quantitative estimate of drug-likeness (QED) is 0.597. The molecule has 0 bridgehead atoms. The monoisotopic (exact) mass is 337 g/mol. The summed E-state index contributed by atoms with van der Waals surface area (Å²) < 4.78 is 0. The third-order valence-electron chi connectivity index (χ3n) is 3.96. The van der Waals surface area contributed by atoms with Crippen LogP contribution in [-0.4, -0.2) is 10.2 Å². The van der Waals surface area contributed by atoms with Crippen LogP contribution in [-0.2, 0) is 19.3 Å². The van der Waals surface area contributed by atoms with Gasteiger partial charge >= 0.3 is 0 Å². The number of nitrogens with zero attached hydrogens (tertiary/aromatic N) is 2. The van der Waals surface area contributed by atoms with Gasteiger partial charge in [-0.3, -0.25) is 0 Å². The van der Waals surface area contributed by atoms with Gasteiger partial charge < -0.3 is 5.32 Å². The highest BCUT2D eigenvalue weighted by molar-refractivity contribution is 7.15. The summed E-state index contributed by atoms with van der Waals surface area (Å²) >= 11 is 1.63. The first-order chi connectivity index (χ1) is 11.8. The number of anilines is 2. The summed E-state index contributed by atoms with van der Waals surface area (Å²) in [5.74, 6) is 0. The third-order valence-corrected chi connectivity index (χ3v) is 4.86. The molecule has 0 saturated carbocycles. The van der Waals surface area contributed by atoms with E-state index in [1.807, 2.05) is 6.07 Å². The molecule has 1 N–H and O–H groups in total. The Labute approximate surface area is 147 Å². The first-order valence-electron chi connectivity index (χ1n) is 8.56. The van der Waals surface area contributed by atoms with Crippen LogP contribution in [0.5, 0.6) is 0 Å². The summed E-state index contributed by atoms with van der Waals surface area (Å²) in [7, 11) is 0. The Morgan fingerprint density at radius 2 is 1.58 bits per heavy atom. The van der Waals surface area contributed by atoms with E-state index in [2.05, 4.69) is 71.0 Å². The number of hydrogen-bond donors (Lipinski definition) is 1. The van der Waals surface area contributed by atoms with Crippen LogP contribution in [0.4, 0.5) is 10.8 Å². The molecule has 3 aromatic rings. The highest BCUT2D eigenvalue weighted by Crippen LogP contribution is 2.22. The zero-order valence-corrected chi connectivity index (χ0v) is 14.9. The molecule has 0 spiro atoms. The van der Waals surface area contributed by atoms with Gasteiger partial charge in [0.1, 0.15) is 5.01 Å². The lowest BCUT2D eigenvalue weighted by atomic mass is 10.1. The van der Waals surface area contributed by atoms with Crippen molar-refractivity contribution in [2.75, 3.05) is 5.32 Å². The Kier molecular flexibility index (Phi) is 5.96. The highest BCUT2D eigenvalue weighted by Gasteiger charge is 2.05. The first-order valence-corrected chi connectivity index (χ1v) is 9.37. The number of benzene rings is 2. The van der Waals surface area contributed by atoms with Crippen LogP contribution in [0, 0.1) is 0 Å². The molecule has 4 heteroatoms. The lowest BCUT2D eigenvalue weighted by Crippen LogP contribution is -1.91. The smallest absolute Gasteiger partial charge is 0.210 e. The topological polar surface area (TPSA) is 37.8 Å². The Morgan fingerprint density at radius 3 is 2.33 bits per heavy atom. The maximum Gasteiger partial charge on any atom is 0.210 e. The van der Waals surface area contributed by atoms with Crippen molar-refractivity contribution in [3.8, 4) is 0 Å². The van der Waals surface area contributed by atoms with E-state index in [-0.39, 0.29) is 0 Å². The molecule has 124 valence electrons.